The van der Waals surface area contributed by atoms with Gasteiger partial charge in [-0.05, 0) is 47.1 Å². The third kappa shape index (κ3) is 2.78. The molecule has 72 valence electrons. The standard InChI is InChI=1S/C10H13BrFN/c1-3-13-7(2)8-4-5-9(11)10(12)6-8/h4-7,13H,3H2,1-2H3. The van der Waals surface area contributed by atoms with Crippen LogP contribution < -0.4 is 5.32 Å². The summed E-state index contributed by atoms with van der Waals surface area (Å²) in [7, 11) is 0. The van der Waals surface area contributed by atoms with Crippen molar-refractivity contribution in [3.8, 4) is 0 Å². The third-order valence-electron chi connectivity index (χ3n) is 1.95. The Bertz CT molecular complexity index is 288. The molecule has 0 amide bonds. The molecule has 0 radical (unpaired) electrons. The van der Waals surface area contributed by atoms with Crippen LogP contribution in [0.4, 0.5) is 4.39 Å². The van der Waals surface area contributed by atoms with Crippen LogP contribution in [0.25, 0.3) is 0 Å². The van der Waals surface area contributed by atoms with E-state index in [1.165, 1.54) is 0 Å². The Balaban J connectivity index is 2.84. The molecule has 0 fully saturated rings. The zero-order valence-electron chi connectivity index (χ0n) is 7.77. The lowest BCUT2D eigenvalue weighted by Gasteiger charge is -2.12. The second-order valence-corrected chi connectivity index (χ2v) is 3.81. The summed E-state index contributed by atoms with van der Waals surface area (Å²) >= 11 is 3.12. The second-order valence-electron chi connectivity index (χ2n) is 2.95. The van der Waals surface area contributed by atoms with Gasteiger partial charge in [0.05, 0.1) is 4.47 Å². The average Bonchev–Trinajstić information content (AvgIpc) is 2.10. The fourth-order valence-corrected chi connectivity index (χ4v) is 1.45. The van der Waals surface area contributed by atoms with Crippen LogP contribution in [0.2, 0.25) is 0 Å². The van der Waals surface area contributed by atoms with E-state index in [0.29, 0.717) is 4.47 Å². The quantitative estimate of drug-likeness (QED) is 0.863. The van der Waals surface area contributed by atoms with E-state index in [-0.39, 0.29) is 11.9 Å². The van der Waals surface area contributed by atoms with E-state index in [1.54, 1.807) is 12.1 Å². The smallest absolute Gasteiger partial charge is 0.137 e. The van der Waals surface area contributed by atoms with Crippen molar-refractivity contribution in [1.82, 2.24) is 5.32 Å². The lowest BCUT2D eigenvalue weighted by molar-refractivity contribution is 0.580. The van der Waals surface area contributed by atoms with Gasteiger partial charge in [-0.15, -0.1) is 0 Å². The highest BCUT2D eigenvalue weighted by Gasteiger charge is 2.06. The second kappa shape index (κ2) is 4.72. The largest absolute Gasteiger partial charge is 0.310 e. The van der Waals surface area contributed by atoms with Gasteiger partial charge in [-0.25, -0.2) is 4.39 Å². The van der Waals surface area contributed by atoms with Gasteiger partial charge < -0.3 is 5.32 Å². The zero-order valence-corrected chi connectivity index (χ0v) is 9.36. The molecule has 1 unspecified atom stereocenters. The molecule has 0 bridgehead atoms. The molecule has 1 nitrogen and oxygen atoms in total. The van der Waals surface area contributed by atoms with Gasteiger partial charge in [-0.3, -0.25) is 0 Å². The molecule has 0 aliphatic carbocycles. The molecule has 0 aliphatic heterocycles. The first-order valence-corrected chi connectivity index (χ1v) is 5.12. The van der Waals surface area contributed by atoms with E-state index in [1.807, 2.05) is 19.9 Å². The molecule has 13 heavy (non-hydrogen) atoms. The molecule has 1 atom stereocenters. The molecule has 1 aromatic carbocycles. The van der Waals surface area contributed by atoms with Crippen LogP contribution in [0.15, 0.2) is 22.7 Å². The molecule has 0 aliphatic rings. The first kappa shape index (κ1) is 10.7. The summed E-state index contributed by atoms with van der Waals surface area (Å²) in [6.07, 6.45) is 0. The van der Waals surface area contributed by atoms with Gasteiger partial charge in [0, 0.05) is 6.04 Å². The first-order valence-electron chi connectivity index (χ1n) is 4.33. The number of halogens is 2. The van der Waals surface area contributed by atoms with Crippen molar-refractivity contribution < 1.29 is 4.39 Å². The van der Waals surface area contributed by atoms with Crippen molar-refractivity contribution >= 4 is 15.9 Å². The normalized spacial score (nSPS) is 12.9. The zero-order chi connectivity index (χ0) is 9.84. The highest BCUT2D eigenvalue weighted by Crippen LogP contribution is 2.20. The monoisotopic (exact) mass is 245 g/mol. The van der Waals surface area contributed by atoms with Gasteiger partial charge in [0.25, 0.3) is 0 Å². The Morgan fingerprint density at radius 2 is 2.23 bits per heavy atom. The minimum absolute atomic E-state index is 0.201. The maximum atomic E-state index is 13.1. The molecule has 1 rings (SSSR count). The van der Waals surface area contributed by atoms with E-state index in [4.69, 9.17) is 0 Å². The topological polar surface area (TPSA) is 12.0 Å². The Morgan fingerprint density at radius 3 is 2.77 bits per heavy atom. The predicted molar refractivity (Wildman–Crippen MR) is 56.2 cm³/mol. The third-order valence-corrected chi connectivity index (χ3v) is 2.60. The molecule has 0 saturated heterocycles. The summed E-state index contributed by atoms with van der Waals surface area (Å²) in [5.41, 5.74) is 0.975. The summed E-state index contributed by atoms with van der Waals surface area (Å²) in [6, 6.07) is 5.41. The van der Waals surface area contributed by atoms with Gasteiger partial charge in [-0.1, -0.05) is 13.0 Å². The van der Waals surface area contributed by atoms with Crippen LogP contribution in [0, 0.1) is 5.82 Å². The van der Waals surface area contributed by atoms with Crippen molar-refractivity contribution in [2.45, 2.75) is 19.9 Å². The summed E-state index contributed by atoms with van der Waals surface area (Å²) in [6.45, 7) is 4.94. The highest BCUT2D eigenvalue weighted by molar-refractivity contribution is 9.10. The maximum absolute atomic E-state index is 13.1. The summed E-state index contributed by atoms with van der Waals surface area (Å²) < 4.78 is 13.6. The molecule has 1 N–H and O–H groups in total. The Labute approximate surface area is 86.5 Å². The fourth-order valence-electron chi connectivity index (χ4n) is 1.21. The van der Waals surface area contributed by atoms with Crippen LogP contribution in [0.1, 0.15) is 25.5 Å². The SMILES string of the molecule is CCNC(C)c1ccc(Br)c(F)c1. The highest BCUT2D eigenvalue weighted by atomic mass is 79.9. The maximum Gasteiger partial charge on any atom is 0.137 e. The van der Waals surface area contributed by atoms with Gasteiger partial charge in [0.15, 0.2) is 0 Å². The Morgan fingerprint density at radius 1 is 1.54 bits per heavy atom. The summed E-state index contributed by atoms with van der Waals surface area (Å²) in [4.78, 5) is 0. The molecular formula is C10H13BrFN. The van der Waals surface area contributed by atoms with Crippen molar-refractivity contribution in [1.29, 1.82) is 0 Å². The molecule has 0 spiro atoms. The fraction of sp³-hybridized carbons (Fsp3) is 0.400. The number of hydrogen-bond donors (Lipinski definition) is 1. The molecule has 1 aromatic rings. The van der Waals surface area contributed by atoms with Gasteiger partial charge in [-0.2, -0.15) is 0 Å². The molecule has 3 heteroatoms. The Kier molecular flexibility index (Phi) is 3.88. The van der Waals surface area contributed by atoms with Crippen molar-refractivity contribution in [2.75, 3.05) is 6.54 Å². The van der Waals surface area contributed by atoms with Crippen LogP contribution in [0.3, 0.4) is 0 Å². The Hall–Kier alpha value is -0.410. The number of rotatable bonds is 3. The lowest BCUT2D eigenvalue weighted by atomic mass is 10.1. The van der Waals surface area contributed by atoms with E-state index < -0.39 is 0 Å². The van der Waals surface area contributed by atoms with E-state index >= 15 is 0 Å². The average molecular weight is 246 g/mol. The molecule has 0 aromatic heterocycles. The number of nitrogens with one attached hydrogen (secondary N) is 1. The van der Waals surface area contributed by atoms with Crippen molar-refractivity contribution in [2.24, 2.45) is 0 Å². The minimum Gasteiger partial charge on any atom is -0.310 e. The van der Waals surface area contributed by atoms with E-state index in [9.17, 15) is 4.39 Å². The molecule has 0 heterocycles. The number of hydrogen-bond acceptors (Lipinski definition) is 1. The molecular weight excluding hydrogens is 233 g/mol. The van der Waals surface area contributed by atoms with E-state index in [2.05, 4.69) is 21.2 Å². The van der Waals surface area contributed by atoms with Crippen LogP contribution in [-0.2, 0) is 0 Å². The minimum atomic E-state index is -0.206. The number of benzene rings is 1. The summed E-state index contributed by atoms with van der Waals surface area (Å²) in [5, 5.41) is 3.23. The van der Waals surface area contributed by atoms with Crippen LogP contribution in [0.5, 0.6) is 0 Å². The first-order chi connectivity index (χ1) is 6.15. The van der Waals surface area contributed by atoms with Crippen molar-refractivity contribution in [3.63, 3.8) is 0 Å². The summed E-state index contributed by atoms with van der Waals surface area (Å²) in [5.74, 6) is -0.206. The van der Waals surface area contributed by atoms with Gasteiger partial charge >= 0.3 is 0 Å². The van der Waals surface area contributed by atoms with E-state index in [0.717, 1.165) is 12.1 Å². The van der Waals surface area contributed by atoms with Crippen LogP contribution >= 0.6 is 15.9 Å². The van der Waals surface area contributed by atoms with Crippen molar-refractivity contribution in [3.05, 3.63) is 34.1 Å². The van der Waals surface area contributed by atoms with Gasteiger partial charge in [0.2, 0.25) is 0 Å². The van der Waals surface area contributed by atoms with Crippen LogP contribution in [-0.4, -0.2) is 6.54 Å². The predicted octanol–water partition coefficient (Wildman–Crippen LogP) is 3.26. The lowest BCUT2D eigenvalue weighted by Crippen LogP contribution is -2.17. The molecule has 0 saturated carbocycles. The van der Waals surface area contributed by atoms with Gasteiger partial charge in [0.1, 0.15) is 5.82 Å².